The van der Waals surface area contributed by atoms with Crippen molar-refractivity contribution >= 4 is 26.7 Å². The lowest BCUT2D eigenvalue weighted by molar-refractivity contribution is 0.552. The molecular weight excluding hydrogens is 240 g/mol. The van der Waals surface area contributed by atoms with E-state index >= 15 is 0 Å². The highest BCUT2D eigenvalue weighted by molar-refractivity contribution is 7.22. The first-order valence-corrected chi connectivity index (χ1v) is 7.48. The molecule has 0 fully saturated rings. The Morgan fingerprint density at radius 3 is 2.22 bits per heavy atom. The lowest BCUT2D eigenvalue weighted by atomic mass is 10.1. The molecule has 3 heteroatoms. The van der Waals surface area contributed by atoms with Crippen LogP contribution >= 0.6 is 11.3 Å². The lowest BCUT2D eigenvalue weighted by Gasteiger charge is -2.25. The Hall–Kier alpha value is -1.09. The highest BCUT2D eigenvalue weighted by Crippen LogP contribution is 2.29. The molecule has 18 heavy (non-hydrogen) atoms. The fourth-order valence-corrected chi connectivity index (χ4v) is 3.09. The molecule has 0 aliphatic rings. The van der Waals surface area contributed by atoms with Gasteiger partial charge in [0.05, 0.1) is 10.2 Å². The third-order valence-electron chi connectivity index (χ3n) is 2.72. The van der Waals surface area contributed by atoms with Crippen LogP contribution in [0.15, 0.2) is 24.3 Å². The van der Waals surface area contributed by atoms with Gasteiger partial charge in [-0.3, -0.25) is 0 Å². The summed E-state index contributed by atoms with van der Waals surface area (Å²) < 4.78 is 1.28. The number of rotatable bonds is 5. The maximum atomic E-state index is 4.76. The molecule has 0 saturated heterocycles. The molecule has 0 radical (unpaired) electrons. The monoisotopic (exact) mass is 262 g/mol. The van der Waals surface area contributed by atoms with Crippen LogP contribution in [0.4, 0.5) is 5.13 Å². The van der Waals surface area contributed by atoms with E-state index in [1.807, 2.05) is 0 Å². The average Bonchev–Trinajstić information content (AvgIpc) is 2.70. The van der Waals surface area contributed by atoms with Crippen molar-refractivity contribution in [2.75, 3.05) is 18.0 Å². The van der Waals surface area contributed by atoms with E-state index in [4.69, 9.17) is 4.98 Å². The second kappa shape index (κ2) is 5.70. The van der Waals surface area contributed by atoms with Gasteiger partial charge in [0, 0.05) is 13.1 Å². The van der Waals surface area contributed by atoms with Crippen LogP contribution in [0.5, 0.6) is 0 Å². The summed E-state index contributed by atoms with van der Waals surface area (Å²) in [7, 11) is 0. The van der Waals surface area contributed by atoms with Crippen molar-refractivity contribution in [3.05, 3.63) is 24.3 Å². The van der Waals surface area contributed by atoms with Crippen LogP contribution in [-0.4, -0.2) is 18.1 Å². The zero-order valence-electron chi connectivity index (χ0n) is 11.7. The van der Waals surface area contributed by atoms with Crippen LogP contribution in [-0.2, 0) is 0 Å². The summed E-state index contributed by atoms with van der Waals surface area (Å²) in [6.07, 6.45) is 0. The molecule has 0 amide bonds. The number of hydrogen-bond donors (Lipinski definition) is 0. The van der Waals surface area contributed by atoms with Gasteiger partial charge in [0.1, 0.15) is 0 Å². The first-order chi connectivity index (χ1) is 8.56. The topological polar surface area (TPSA) is 16.1 Å². The predicted octanol–water partition coefficient (Wildman–Crippen LogP) is 4.41. The van der Waals surface area contributed by atoms with Gasteiger partial charge in [0.15, 0.2) is 5.13 Å². The molecule has 0 bridgehead atoms. The van der Waals surface area contributed by atoms with E-state index in [1.54, 1.807) is 11.3 Å². The minimum absolute atomic E-state index is 0.663. The van der Waals surface area contributed by atoms with Crippen molar-refractivity contribution in [1.82, 2.24) is 4.98 Å². The minimum Gasteiger partial charge on any atom is -0.348 e. The molecule has 2 nitrogen and oxygen atoms in total. The van der Waals surface area contributed by atoms with Gasteiger partial charge in [-0.15, -0.1) is 0 Å². The van der Waals surface area contributed by atoms with Gasteiger partial charge in [0.25, 0.3) is 0 Å². The minimum atomic E-state index is 0.663. The zero-order valence-corrected chi connectivity index (χ0v) is 12.5. The molecule has 2 rings (SSSR count). The first-order valence-electron chi connectivity index (χ1n) is 6.66. The summed E-state index contributed by atoms with van der Waals surface area (Å²) in [5.74, 6) is 1.33. The summed E-state index contributed by atoms with van der Waals surface area (Å²) >= 11 is 1.80. The highest BCUT2D eigenvalue weighted by Gasteiger charge is 2.14. The molecule has 0 aliphatic carbocycles. The standard InChI is InChI=1S/C15H22N2S/c1-11(2)9-17(10-12(3)4)15-16-13-7-5-6-8-14(13)18-15/h5-8,11-12H,9-10H2,1-4H3. The fourth-order valence-electron chi connectivity index (χ4n) is 2.11. The van der Waals surface area contributed by atoms with Crippen LogP contribution < -0.4 is 4.90 Å². The maximum absolute atomic E-state index is 4.76. The van der Waals surface area contributed by atoms with Crippen molar-refractivity contribution in [3.8, 4) is 0 Å². The molecule has 0 unspecified atom stereocenters. The normalized spacial score (nSPS) is 11.7. The van der Waals surface area contributed by atoms with Gasteiger partial charge in [-0.05, 0) is 24.0 Å². The summed E-state index contributed by atoms with van der Waals surface area (Å²) in [6, 6.07) is 8.39. The van der Waals surface area contributed by atoms with Gasteiger partial charge >= 0.3 is 0 Å². The number of hydrogen-bond acceptors (Lipinski definition) is 3. The molecule has 1 aromatic carbocycles. The van der Waals surface area contributed by atoms with Crippen LogP contribution in [0.25, 0.3) is 10.2 Å². The Morgan fingerprint density at radius 1 is 1.06 bits per heavy atom. The van der Waals surface area contributed by atoms with Gasteiger partial charge < -0.3 is 4.90 Å². The number of fused-ring (bicyclic) bond motifs is 1. The maximum Gasteiger partial charge on any atom is 0.186 e. The molecule has 1 aromatic heterocycles. The van der Waals surface area contributed by atoms with E-state index in [2.05, 4.69) is 56.9 Å². The van der Waals surface area contributed by atoms with E-state index in [-0.39, 0.29) is 0 Å². The lowest BCUT2D eigenvalue weighted by Crippen LogP contribution is -2.31. The number of para-hydroxylation sites is 1. The molecule has 0 N–H and O–H groups in total. The third-order valence-corrected chi connectivity index (χ3v) is 3.82. The summed E-state index contributed by atoms with van der Waals surface area (Å²) in [5.41, 5.74) is 1.12. The Kier molecular flexibility index (Phi) is 4.23. The predicted molar refractivity (Wildman–Crippen MR) is 81.5 cm³/mol. The van der Waals surface area contributed by atoms with E-state index in [1.165, 1.54) is 9.83 Å². The van der Waals surface area contributed by atoms with Crippen molar-refractivity contribution < 1.29 is 0 Å². The van der Waals surface area contributed by atoms with Gasteiger partial charge in [-0.2, -0.15) is 0 Å². The third kappa shape index (κ3) is 3.22. The second-order valence-electron chi connectivity index (χ2n) is 5.66. The van der Waals surface area contributed by atoms with Crippen LogP contribution in [0.2, 0.25) is 0 Å². The van der Waals surface area contributed by atoms with Crippen molar-refractivity contribution in [3.63, 3.8) is 0 Å². The van der Waals surface area contributed by atoms with E-state index < -0.39 is 0 Å². The number of nitrogens with zero attached hydrogens (tertiary/aromatic N) is 2. The SMILES string of the molecule is CC(C)CN(CC(C)C)c1nc2ccccc2s1. The summed E-state index contributed by atoms with van der Waals surface area (Å²) in [6.45, 7) is 11.2. The molecule has 1 heterocycles. The van der Waals surface area contributed by atoms with E-state index in [0.717, 1.165) is 18.6 Å². The van der Waals surface area contributed by atoms with E-state index in [0.29, 0.717) is 11.8 Å². The average molecular weight is 262 g/mol. The Balaban J connectivity index is 2.28. The first kappa shape index (κ1) is 13.3. The van der Waals surface area contributed by atoms with Gasteiger partial charge in [-0.1, -0.05) is 51.2 Å². The van der Waals surface area contributed by atoms with Crippen LogP contribution in [0, 0.1) is 11.8 Å². The van der Waals surface area contributed by atoms with Crippen LogP contribution in [0.1, 0.15) is 27.7 Å². The van der Waals surface area contributed by atoms with Crippen molar-refractivity contribution in [1.29, 1.82) is 0 Å². The fraction of sp³-hybridized carbons (Fsp3) is 0.533. The molecule has 0 spiro atoms. The summed E-state index contributed by atoms with van der Waals surface area (Å²) in [4.78, 5) is 7.19. The molecule has 0 aliphatic heterocycles. The molecule has 0 atom stereocenters. The number of thiazole rings is 1. The largest absolute Gasteiger partial charge is 0.348 e. The van der Waals surface area contributed by atoms with Crippen molar-refractivity contribution in [2.24, 2.45) is 11.8 Å². The number of benzene rings is 1. The van der Waals surface area contributed by atoms with Gasteiger partial charge in [0.2, 0.25) is 0 Å². The van der Waals surface area contributed by atoms with E-state index in [9.17, 15) is 0 Å². The highest BCUT2D eigenvalue weighted by atomic mass is 32.1. The van der Waals surface area contributed by atoms with Crippen molar-refractivity contribution in [2.45, 2.75) is 27.7 Å². The molecule has 0 saturated carbocycles. The second-order valence-corrected chi connectivity index (χ2v) is 6.67. The Morgan fingerprint density at radius 2 is 1.67 bits per heavy atom. The quantitative estimate of drug-likeness (QED) is 0.793. The smallest absolute Gasteiger partial charge is 0.186 e. The van der Waals surface area contributed by atoms with Crippen LogP contribution in [0.3, 0.4) is 0 Å². The number of aromatic nitrogens is 1. The number of anilines is 1. The molecular formula is C15H22N2S. The Bertz CT molecular complexity index is 459. The zero-order chi connectivity index (χ0) is 13.1. The Labute approximate surface area is 114 Å². The summed E-state index contributed by atoms with van der Waals surface area (Å²) in [5, 5.41) is 1.17. The molecule has 98 valence electrons. The van der Waals surface area contributed by atoms with Gasteiger partial charge in [-0.25, -0.2) is 4.98 Å². The molecule has 2 aromatic rings.